The summed E-state index contributed by atoms with van der Waals surface area (Å²) in [5, 5.41) is 6.66. The van der Waals surface area contributed by atoms with Crippen LogP contribution < -0.4 is 0 Å². The quantitative estimate of drug-likeness (QED) is 0.937. The Labute approximate surface area is 115 Å². The van der Waals surface area contributed by atoms with Crippen LogP contribution in [0.1, 0.15) is 27.9 Å². The van der Waals surface area contributed by atoms with Crippen LogP contribution in [0.3, 0.4) is 0 Å². The van der Waals surface area contributed by atoms with Crippen molar-refractivity contribution in [1.29, 1.82) is 0 Å². The Bertz CT molecular complexity index is 549. The average Bonchev–Trinajstić information content (AvgIpc) is 2.94. The van der Waals surface area contributed by atoms with Gasteiger partial charge < -0.3 is 4.90 Å². The molecule has 0 bridgehead atoms. The van der Waals surface area contributed by atoms with Gasteiger partial charge in [-0.3, -0.25) is 9.89 Å². The Morgan fingerprint density at radius 3 is 2.83 bits per heavy atom. The second-order valence-electron chi connectivity index (χ2n) is 3.93. The third-order valence-electron chi connectivity index (χ3n) is 2.70. The molecule has 0 saturated heterocycles. The van der Waals surface area contributed by atoms with Crippen molar-refractivity contribution in [2.45, 2.75) is 20.4 Å². The number of rotatable bonds is 4. The van der Waals surface area contributed by atoms with Crippen LogP contribution in [-0.2, 0) is 6.54 Å². The molecule has 0 aliphatic carbocycles. The molecule has 0 radical (unpaired) electrons. The predicted octanol–water partition coefficient (Wildman–Crippen LogP) is 3.10. The van der Waals surface area contributed by atoms with Crippen molar-refractivity contribution in [3.05, 3.63) is 38.8 Å². The zero-order valence-corrected chi connectivity index (χ0v) is 11.8. The van der Waals surface area contributed by atoms with E-state index in [1.54, 1.807) is 11.1 Å². The number of thiophene rings is 1. The zero-order chi connectivity index (χ0) is 13.1. The molecule has 2 aromatic heterocycles. The fraction of sp³-hybridized carbons (Fsp3) is 0.333. The van der Waals surface area contributed by atoms with E-state index in [0.717, 1.165) is 14.9 Å². The summed E-state index contributed by atoms with van der Waals surface area (Å²) in [6.07, 6.45) is 1.57. The molecular weight excluding hydrogens is 270 g/mol. The van der Waals surface area contributed by atoms with Crippen LogP contribution in [0.4, 0.5) is 0 Å². The molecule has 0 fully saturated rings. The molecule has 4 nitrogen and oxygen atoms in total. The monoisotopic (exact) mass is 283 g/mol. The van der Waals surface area contributed by atoms with Gasteiger partial charge in [0, 0.05) is 17.1 Å². The van der Waals surface area contributed by atoms with Gasteiger partial charge in [-0.15, -0.1) is 11.3 Å². The van der Waals surface area contributed by atoms with E-state index in [0.29, 0.717) is 18.7 Å². The van der Waals surface area contributed by atoms with Gasteiger partial charge in [0.1, 0.15) is 0 Å². The summed E-state index contributed by atoms with van der Waals surface area (Å²) in [6, 6.07) is 3.80. The Balaban J connectivity index is 2.14. The van der Waals surface area contributed by atoms with Crippen molar-refractivity contribution in [3.8, 4) is 0 Å². The first kappa shape index (κ1) is 13.1. The summed E-state index contributed by atoms with van der Waals surface area (Å²) in [5.41, 5.74) is 1.42. The summed E-state index contributed by atoms with van der Waals surface area (Å²) >= 11 is 7.39. The van der Waals surface area contributed by atoms with Crippen LogP contribution in [0, 0.1) is 6.92 Å². The van der Waals surface area contributed by atoms with Crippen molar-refractivity contribution in [2.75, 3.05) is 6.54 Å². The van der Waals surface area contributed by atoms with Gasteiger partial charge in [-0.1, -0.05) is 11.6 Å². The third-order valence-corrected chi connectivity index (χ3v) is 3.92. The number of aromatic nitrogens is 2. The van der Waals surface area contributed by atoms with E-state index in [1.165, 1.54) is 11.3 Å². The molecule has 0 atom stereocenters. The van der Waals surface area contributed by atoms with E-state index in [-0.39, 0.29) is 5.91 Å². The van der Waals surface area contributed by atoms with E-state index < -0.39 is 0 Å². The number of halogens is 1. The molecule has 96 valence electrons. The molecule has 18 heavy (non-hydrogen) atoms. The standard InChI is InChI=1S/C12H14ClN3OS/c1-3-16(7-9-4-5-11(13)18-9)12(17)10-6-14-15-8(10)2/h4-6H,3,7H2,1-2H3,(H,14,15). The number of amides is 1. The first-order chi connectivity index (χ1) is 8.61. The molecule has 0 spiro atoms. The maximum atomic E-state index is 12.3. The summed E-state index contributed by atoms with van der Waals surface area (Å²) in [5.74, 6) is -0.00623. The molecular formula is C12H14ClN3OS. The zero-order valence-electron chi connectivity index (χ0n) is 10.2. The highest BCUT2D eigenvalue weighted by molar-refractivity contribution is 7.16. The van der Waals surface area contributed by atoms with Gasteiger partial charge in [-0.05, 0) is 26.0 Å². The van der Waals surface area contributed by atoms with Gasteiger partial charge in [-0.2, -0.15) is 5.10 Å². The smallest absolute Gasteiger partial charge is 0.257 e. The van der Waals surface area contributed by atoms with Crippen LogP contribution in [0.15, 0.2) is 18.3 Å². The van der Waals surface area contributed by atoms with Crippen LogP contribution in [0.5, 0.6) is 0 Å². The highest BCUT2D eigenvalue weighted by atomic mass is 35.5. The second-order valence-corrected chi connectivity index (χ2v) is 5.73. The minimum absolute atomic E-state index is 0.00623. The SMILES string of the molecule is CCN(Cc1ccc(Cl)s1)C(=O)c1cn[nH]c1C. The molecule has 1 amide bonds. The fourth-order valence-electron chi connectivity index (χ4n) is 1.69. The number of nitrogens with one attached hydrogen (secondary N) is 1. The molecule has 1 N–H and O–H groups in total. The lowest BCUT2D eigenvalue weighted by atomic mass is 10.2. The van der Waals surface area contributed by atoms with Crippen molar-refractivity contribution in [3.63, 3.8) is 0 Å². The number of hydrogen-bond acceptors (Lipinski definition) is 3. The maximum absolute atomic E-state index is 12.3. The summed E-state index contributed by atoms with van der Waals surface area (Å²) in [4.78, 5) is 15.2. The Hall–Kier alpha value is -1.33. The number of carbonyl (C=O) groups is 1. The van der Waals surface area contributed by atoms with Gasteiger partial charge in [0.25, 0.3) is 5.91 Å². The van der Waals surface area contributed by atoms with Gasteiger partial charge in [0.05, 0.1) is 22.6 Å². The van der Waals surface area contributed by atoms with Crippen LogP contribution in [-0.4, -0.2) is 27.5 Å². The fourth-order valence-corrected chi connectivity index (χ4v) is 2.79. The number of aryl methyl sites for hydroxylation is 1. The summed E-state index contributed by atoms with van der Waals surface area (Å²) < 4.78 is 0.744. The Kier molecular flexibility index (Phi) is 4.04. The number of aromatic amines is 1. The lowest BCUT2D eigenvalue weighted by Gasteiger charge is -2.19. The van der Waals surface area contributed by atoms with Crippen LogP contribution in [0.2, 0.25) is 4.34 Å². The van der Waals surface area contributed by atoms with Crippen LogP contribution in [0.25, 0.3) is 0 Å². The minimum atomic E-state index is -0.00623. The number of carbonyl (C=O) groups excluding carboxylic acids is 1. The molecule has 0 aliphatic heterocycles. The largest absolute Gasteiger partial charge is 0.334 e. The molecule has 0 aliphatic rings. The number of H-pyrrole nitrogens is 1. The molecule has 0 aromatic carbocycles. The molecule has 2 heterocycles. The lowest BCUT2D eigenvalue weighted by molar-refractivity contribution is 0.0753. The van der Waals surface area contributed by atoms with Crippen molar-refractivity contribution >= 4 is 28.8 Å². The Morgan fingerprint density at radius 2 is 2.33 bits per heavy atom. The minimum Gasteiger partial charge on any atom is -0.334 e. The molecule has 6 heteroatoms. The maximum Gasteiger partial charge on any atom is 0.257 e. The van der Waals surface area contributed by atoms with Gasteiger partial charge in [-0.25, -0.2) is 0 Å². The first-order valence-corrected chi connectivity index (χ1v) is 6.84. The number of hydrogen-bond donors (Lipinski definition) is 1. The molecule has 2 rings (SSSR count). The topological polar surface area (TPSA) is 49.0 Å². The predicted molar refractivity (Wildman–Crippen MR) is 73.1 cm³/mol. The molecule has 0 unspecified atom stereocenters. The average molecular weight is 284 g/mol. The Morgan fingerprint density at radius 1 is 1.56 bits per heavy atom. The van der Waals surface area contributed by atoms with Crippen molar-refractivity contribution < 1.29 is 4.79 Å². The molecule has 0 saturated carbocycles. The highest BCUT2D eigenvalue weighted by Crippen LogP contribution is 2.23. The van der Waals surface area contributed by atoms with E-state index >= 15 is 0 Å². The van der Waals surface area contributed by atoms with Gasteiger partial charge in [0.15, 0.2) is 0 Å². The third kappa shape index (κ3) is 2.73. The lowest BCUT2D eigenvalue weighted by Crippen LogP contribution is -2.30. The van der Waals surface area contributed by atoms with Crippen molar-refractivity contribution in [2.24, 2.45) is 0 Å². The molecule has 2 aromatic rings. The normalized spacial score (nSPS) is 10.6. The van der Waals surface area contributed by atoms with E-state index in [4.69, 9.17) is 11.6 Å². The van der Waals surface area contributed by atoms with Crippen LogP contribution >= 0.6 is 22.9 Å². The van der Waals surface area contributed by atoms with Gasteiger partial charge >= 0.3 is 0 Å². The summed E-state index contributed by atoms with van der Waals surface area (Å²) in [6.45, 7) is 5.04. The summed E-state index contributed by atoms with van der Waals surface area (Å²) in [7, 11) is 0. The first-order valence-electron chi connectivity index (χ1n) is 5.65. The van der Waals surface area contributed by atoms with Gasteiger partial charge in [0.2, 0.25) is 0 Å². The van der Waals surface area contributed by atoms with E-state index in [9.17, 15) is 4.79 Å². The highest BCUT2D eigenvalue weighted by Gasteiger charge is 2.18. The van der Waals surface area contributed by atoms with E-state index in [2.05, 4.69) is 10.2 Å². The van der Waals surface area contributed by atoms with E-state index in [1.807, 2.05) is 26.0 Å². The van der Waals surface area contributed by atoms with Crippen molar-refractivity contribution in [1.82, 2.24) is 15.1 Å². The second kappa shape index (κ2) is 5.54. The number of nitrogens with zero attached hydrogens (tertiary/aromatic N) is 2.